The Morgan fingerprint density at radius 2 is 1.45 bits per heavy atom. The molecule has 2 nitrogen and oxygen atoms in total. The van der Waals surface area contributed by atoms with Crippen LogP contribution in [-0.2, 0) is 7.05 Å². The molecule has 1 atom stereocenters. The van der Waals surface area contributed by atoms with Crippen LogP contribution in [0.3, 0.4) is 0 Å². The first-order valence-electron chi connectivity index (χ1n) is 11.2. The van der Waals surface area contributed by atoms with Gasteiger partial charge in [0.15, 0.2) is 0 Å². The number of nitrogens with zero attached hydrogens (tertiary/aromatic N) is 1. The zero-order valence-corrected chi connectivity index (χ0v) is 19.1. The van der Waals surface area contributed by atoms with E-state index in [9.17, 15) is 0 Å². The number of nitrogens with one attached hydrogen (secondary N) is 1. The molecule has 0 aliphatic rings. The molecule has 6 rings (SSSR count). The number of hydrogen-bond donors (Lipinski definition) is 1. The zero-order chi connectivity index (χ0) is 22.4. The Balaban J connectivity index is 1.75. The molecule has 0 amide bonds. The van der Waals surface area contributed by atoms with E-state index in [1.54, 1.807) is 0 Å². The number of hydrogen-bond acceptors (Lipinski definition) is 0. The van der Waals surface area contributed by atoms with Crippen molar-refractivity contribution in [3.8, 4) is 11.3 Å². The molecule has 4 aromatic carbocycles. The summed E-state index contributed by atoms with van der Waals surface area (Å²) in [5.74, 6) is 0.0414. The summed E-state index contributed by atoms with van der Waals surface area (Å²) in [6.07, 6.45) is 2.15. The fraction of sp³-hybridized carbons (Fsp3) is 0.0667. The van der Waals surface area contributed by atoms with Crippen LogP contribution >= 0.6 is 11.6 Å². The lowest BCUT2D eigenvalue weighted by atomic mass is 9.82. The van der Waals surface area contributed by atoms with Gasteiger partial charge in [-0.2, -0.15) is 0 Å². The van der Waals surface area contributed by atoms with Gasteiger partial charge in [-0.1, -0.05) is 90.5 Å². The first kappa shape index (κ1) is 19.9. The minimum absolute atomic E-state index is 0.0414. The van der Waals surface area contributed by atoms with E-state index < -0.39 is 0 Å². The maximum Gasteiger partial charge on any atom is 0.0530 e. The lowest BCUT2D eigenvalue weighted by Gasteiger charge is -2.20. The van der Waals surface area contributed by atoms with E-state index in [-0.39, 0.29) is 5.92 Å². The van der Waals surface area contributed by atoms with Gasteiger partial charge in [-0.3, -0.25) is 0 Å². The van der Waals surface area contributed by atoms with Crippen molar-refractivity contribution in [1.29, 1.82) is 0 Å². The molecule has 2 aromatic heterocycles. The number of para-hydroxylation sites is 1. The summed E-state index contributed by atoms with van der Waals surface area (Å²) >= 11 is 6.45. The van der Waals surface area contributed by atoms with E-state index in [1.807, 2.05) is 6.07 Å². The van der Waals surface area contributed by atoms with Gasteiger partial charge in [0, 0.05) is 46.0 Å². The molecule has 0 spiro atoms. The van der Waals surface area contributed by atoms with Gasteiger partial charge in [0.2, 0.25) is 0 Å². The third-order valence-electron chi connectivity index (χ3n) is 6.60. The molecule has 0 radical (unpaired) electrons. The first-order chi connectivity index (χ1) is 16.2. The quantitative estimate of drug-likeness (QED) is 0.282. The summed E-state index contributed by atoms with van der Waals surface area (Å²) < 4.78 is 2.33. The maximum atomic E-state index is 6.45. The fourth-order valence-electron chi connectivity index (χ4n) is 5.16. The number of rotatable bonds is 4. The molecule has 0 aliphatic heterocycles. The minimum atomic E-state index is 0.0414. The first-order valence-corrected chi connectivity index (χ1v) is 11.5. The van der Waals surface area contributed by atoms with E-state index >= 15 is 0 Å². The number of fused-ring (bicyclic) bond motifs is 2. The molecule has 1 N–H and O–H groups in total. The van der Waals surface area contributed by atoms with Gasteiger partial charge < -0.3 is 9.55 Å². The fourth-order valence-corrected chi connectivity index (χ4v) is 5.33. The van der Waals surface area contributed by atoms with Crippen LogP contribution in [0.4, 0.5) is 0 Å². The molecule has 33 heavy (non-hydrogen) atoms. The summed E-state index contributed by atoms with van der Waals surface area (Å²) in [4.78, 5) is 3.48. The number of benzene rings is 4. The van der Waals surface area contributed by atoms with Crippen LogP contribution in [0, 0.1) is 0 Å². The summed E-state index contributed by atoms with van der Waals surface area (Å²) in [6, 6.07) is 36.2. The van der Waals surface area contributed by atoms with Crippen molar-refractivity contribution in [2.24, 2.45) is 7.05 Å². The zero-order valence-electron chi connectivity index (χ0n) is 18.3. The number of halogens is 1. The number of aromatic amines is 1. The van der Waals surface area contributed by atoms with E-state index in [4.69, 9.17) is 11.6 Å². The van der Waals surface area contributed by atoms with Crippen LogP contribution in [0.1, 0.15) is 22.6 Å². The van der Waals surface area contributed by atoms with Crippen LogP contribution in [-0.4, -0.2) is 9.55 Å². The van der Waals surface area contributed by atoms with Gasteiger partial charge in [0.25, 0.3) is 0 Å². The van der Waals surface area contributed by atoms with Gasteiger partial charge in [-0.05, 0) is 46.5 Å². The van der Waals surface area contributed by atoms with E-state index in [0.29, 0.717) is 0 Å². The monoisotopic (exact) mass is 446 g/mol. The predicted molar refractivity (Wildman–Crippen MR) is 139 cm³/mol. The van der Waals surface area contributed by atoms with Gasteiger partial charge in [0.1, 0.15) is 0 Å². The van der Waals surface area contributed by atoms with Crippen molar-refractivity contribution in [2.75, 3.05) is 0 Å². The molecule has 3 heteroatoms. The molecule has 1 unspecified atom stereocenters. The van der Waals surface area contributed by atoms with Crippen LogP contribution in [0.15, 0.2) is 109 Å². The third-order valence-corrected chi connectivity index (χ3v) is 6.84. The lowest BCUT2D eigenvalue weighted by molar-refractivity contribution is 0.941. The van der Waals surface area contributed by atoms with Gasteiger partial charge in [-0.15, -0.1) is 0 Å². The highest BCUT2D eigenvalue weighted by molar-refractivity contribution is 6.31. The van der Waals surface area contributed by atoms with Crippen LogP contribution in [0.2, 0.25) is 5.02 Å². The van der Waals surface area contributed by atoms with Crippen molar-refractivity contribution in [3.05, 3.63) is 131 Å². The average Bonchev–Trinajstić information content (AvgIpc) is 3.40. The van der Waals surface area contributed by atoms with Crippen molar-refractivity contribution in [3.63, 3.8) is 0 Å². The molecule has 160 valence electrons. The molecule has 0 fully saturated rings. The van der Waals surface area contributed by atoms with Gasteiger partial charge >= 0.3 is 0 Å². The summed E-state index contributed by atoms with van der Waals surface area (Å²) in [6.45, 7) is 0. The Kier molecular flexibility index (Phi) is 4.82. The topological polar surface area (TPSA) is 20.7 Å². The van der Waals surface area contributed by atoms with E-state index in [2.05, 4.69) is 120 Å². The second-order valence-corrected chi connectivity index (χ2v) is 8.92. The molecular formula is C30H23ClN2. The highest BCUT2D eigenvalue weighted by Crippen LogP contribution is 2.45. The maximum absolute atomic E-state index is 6.45. The van der Waals surface area contributed by atoms with E-state index in [1.165, 1.54) is 38.9 Å². The summed E-state index contributed by atoms with van der Waals surface area (Å²) in [5.41, 5.74) is 8.57. The molecule has 0 bridgehead atoms. The second kappa shape index (κ2) is 7.99. The van der Waals surface area contributed by atoms with Crippen molar-refractivity contribution < 1.29 is 0 Å². The average molecular weight is 447 g/mol. The molecule has 2 heterocycles. The smallest absolute Gasteiger partial charge is 0.0530 e. The molecule has 0 saturated heterocycles. The summed E-state index contributed by atoms with van der Waals surface area (Å²) in [7, 11) is 2.17. The minimum Gasteiger partial charge on any atom is -0.361 e. The highest BCUT2D eigenvalue weighted by Gasteiger charge is 2.28. The lowest BCUT2D eigenvalue weighted by Crippen LogP contribution is -2.05. The van der Waals surface area contributed by atoms with E-state index in [0.717, 1.165) is 15.9 Å². The van der Waals surface area contributed by atoms with Crippen molar-refractivity contribution >= 4 is 33.4 Å². The Morgan fingerprint density at radius 3 is 2.24 bits per heavy atom. The SMILES string of the molecule is Cn1c(-c2ccccc2)c(C(c2ccccc2)c2c[nH]c3ccc(Cl)cc23)c2ccccc21. The number of H-pyrrole nitrogens is 1. The van der Waals surface area contributed by atoms with Crippen LogP contribution in [0.5, 0.6) is 0 Å². The summed E-state index contributed by atoms with van der Waals surface area (Å²) in [5, 5.41) is 3.17. The molecular weight excluding hydrogens is 424 g/mol. The largest absolute Gasteiger partial charge is 0.361 e. The van der Waals surface area contributed by atoms with Gasteiger partial charge in [0.05, 0.1) is 5.69 Å². The van der Waals surface area contributed by atoms with Crippen LogP contribution in [0.25, 0.3) is 33.1 Å². The highest BCUT2D eigenvalue weighted by atomic mass is 35.5. The predicted octanol–water partition coefficient (Wildman–Crippen LogP) is 8.16. The van der Waals surface area contributed by atoms with Gasteiger partial charge in [-0.25, -0.2) is 0 Å². The number of aromatic nitrogens is 2. The molecule has 6 aromatic rings. The van der Waals surface area contributed by atoms with Crippen molar-refractivity contribution in [1.82, 2.24) is 9.55 Å². The number of aryl methyl sites for hydroxylation is 1. The van der Waals surface area contributed by atoms with Crippen molar-refractivity contribution in [2.45, 2.75) is 5.92 Å². The normalized spacial score (nSPS) is 12.4. The standard InChI is InChI=1S/C30H23ClN2/c1-33-27-15-9-8-14-23(27)29(30(33)21-12-6-3-7-13-21)28(20-10-4-2-5-11-20)25-19-32-26-17-16-22(31)18-24(25)26/h2-19,28,32H,1H3. The third kappa shape index (κ3) is 3.26. The molecule has 0 saturated carbocycles. The Morgan fingerprint density at radius 1 is 0.758 bits per heavy atom. The Bertz CT molecular complexity index is 1580. The molecule has 0 aliphatic carbocycles. The second-order valence-electron chi connectivity index (χ2n) is 8.48. The van der Waals surface area contributed by atoms with Crippen LogP contribution < -0.4 is 0 Å². The Hall–Kier alpha value is -3.75. The Labute approximate surface area is 198 Å².